The average molecular weight is 518 g/mol. The third-order valence-corrected chi connectivity index (χ3v) is 11.3. The molecule has 1 N–H and O–H groups in total. The van der Waals surface area contributed by atoms with Crippen LogP contribution in [0, 0.1) is 0 Å². The first-order valence-corrected chi connectivity index (χ1v) is 14.7. The largest absolute Gasteiger partial charge is 0.437 e. The number of benzene rings is 3. The zero-order valence-electron chi connectivity index (χ0n) is 22.3. The van der Waals surface area contributed by atoms with E-state index in [0.29, 0.717) is 19.6 Å². The summed E-state index contributed by atoms with van der Waals surface area (Å²) in [6, 6.07) is 31.9. The van der Waals surface area contributed by atoms with Gasteiger partial charge in [0.15, 0.2) is 0 Å². The van der Waals surface area contributed by atoms with Crippen LogP contribution in [0.15, 0.2) is 91.0 Å². The third kappa shape index (κ3) is 7.29. The SMILES string of the molecule is CB(O)N(C)CC(=O)N(C)CCN(CC[P+](c1ccccc1)(c1ccccc1)c1ccccc1)C(C)=O. The second-order valence-corrected chi connectivity index (χ2v) is 13.0. The summed E-state index contributed by atoms with van der Waals surface area (Å²) in [5.41, 5.74) is 0. The van der Waals surface area contributed by atoms with Crippen molar-refractivity contribution in [3.05, 3.63) is 91.0 Å². The maximum absolute atomic E-state index is 12.7. The standard InChI is InChI=1S/C29H38BN3O3P/c1-25(34)33(21-20-31(3)29(35)24-32(4)30(2)36)22-23-37(26-14-8-5-9-15-26,27-16-10-6-11-17-27)28-18-12-7-13-19-28/h5-19,36H,20-24H2,1-4H3/q+1. The molecule has 194 valence electrons. The fraction of sp³-hybridized carbons (Fsp3) is 0.310. The van der Waals surface area contributed by atoms with E-state index in [4.69, 9.17) is 0 Å². The minimum atomic E-state index is -2.05. The second-order valence-electron chi connectivity index (χ2n) is 9.41. The van der Waals surface area contributed by atoms with Gasteiger partial charge >= 0.3 is 7.05 Å². The highest BCUT2D eigenvalue weighted by Crippen LogP contribution is 2.55. The minimum absolute atomic E-state index is 0.00534. The second kappa shape index (κ2) is 13.5. The fourth-order valence-corrected chi connectivity index (χ4v) is 8.69. The topological polar surface area (TPSA) is 64.1 Å². The normalized spacial score (nSPS) is 11.3. The van der Waals surface area contributed by atoms with Crippen LogP contribution in [0.1, 0.15) is 6.92 Å². The van der Waals surface area contributed by atoms with Crippen LogP contribution in [0.4, 0.5) is 0 Å². The highest BCUT2D eigenvalue weighted by atomic mass is 31.2. The predicted molar refractivity (Wildman–Crippen MR) is 156 cm³/mol. The van der Waals surface area contributed by atoms with E-state index in [9.17, 15) is 14.6 Å². The molecule has 0 saturated carbocycles. The van der Waals surface area contributed by atoms with Gasteiger partial charge in [-0.2, -0.15) is 0 Å². The Balaban J connectivity index is 1.87. The third-order valence-electron chi connectivity index (χ3n) is 6.90. The van der Waals surface area contributed by atoms with E-state index in [1.54, 1.807) is 37.6 Å². The number of carbonyl (C=O) groups excluding carboxylic acids is 2. The number of hydrogen-bond donors (Lipinski definition) is 1. The number of likely N-dealkylation sites (N-methyl/N-ethyl adjacent to an activating group) is 2. The van der Waals surface area contributed by atoms with Crippen LogP contribution in [0.5, 0.6) is 0 Å². The molecule has 6 nitrogen and oxygen atoms in total. The van der Waals surface area contributed by atoms with Crippen molar-refractivity contribution in [2.45, 2.75) is 13.7 Å². The lowest BCUT2D eigenvalue weighted by Crippen LogP contribution is -2.46. The maximum Gasteiger partial charge on any atom is 0.376 e. The summed E-state index contributed by atoms with van der Waals surface area (Å²) in [5.74, 6) is -0.0964. The number of hydrogen-bond acceptors (Lipinski definition) is 4. The Labute approximate surface area is 222 Å². The summed E-state index contributed by atoms with van der Waals surface area (Å²) in [7, 11) is 0.699. The van der Waals surface area contributed by atoms with E-state index in [-0.39, 0.29) is 18.4 Å². The van der Waals surface area contributed by atoms with Crippen molar-refractivity contribution in [2.24, 2.45) is 0 Å². The van der Waals surface area contributed by atoms with Gasteiger partial charge in [-0.25, -0.2) is 0 Å². The van der Waals surface area contributed by atoms with E-state index in [0.717, 1.165) is 6.16 Å². The molecule has 0 aliphatic heterocycles. The molecule has 37 heavy (non-hydrogen) atoms. The summed E-state index contributed by atoms with van der Waals surface area (Å²) in [5, 5.41) is 13.5. The molecule has 0 saturated heterocycles. The zero-order chi connectivity index (χ0) is 26.8. The van der Waals surface area contributed by atoms with Gasteiger partial charge < -0.3 is 19.6 Å². The van der Waals surface area contributed by atoms with Gasteiger partial charge in [0, 0.05) is 27.1 Å². The Morgan fingerprint density at radius 1 is 0.757 bits per heavy atom. The van der Waals surface area contributed by atoms with Gasteiger partial charge in [-0.15, -0.1) is 0 Å². The highest BCUT2D eigenvalue weighted by Gasteiger charge is 2.45. The Morgan fingerprint density at radius 3 is 1.57 bits per heavy atom. The van der Waals surface area contributed by atoms with Crippen LogP contribution in [0.3, 0.4) is 0 Å². The van der Waals surface area contributed by atoms with Crippen LogP contribution in [-0.2, 0) is 9.59 Å². The summed E-state index contributed by atoms with van der Waals surface area (Å²) >= 11 is 0. The summed E-state index contributed by atoms with van der Waals surface area (Å²) < 4.78 is 0. The van der Waals surface area contributed by atoms with Gasteiger partial charge in [-0.05, 0) is 50.3 Å². The molecule has 3 aromatic rings. The quantitative estimate of drug-likeness (QED) is 0.296. The van der Waals surface area contributed by atoms with Crippen LogP contribution < -0.4 is 15.9 Å². The first kappa shape index (κ1) is 28.6. The first-order valence-electron chi connectivity index (χ1n) is 12.7. The summed E-state index contributed by atoms with van der Waals surface area (Å²) in [4.78, 5) is 30.4. The minimum Gasteiger partial charge on any atom is -0.437 e. The Bertz CT molecular complexity index is 1040. The molecule has 0 aromatic heterocycles. The van der Waals surface area contributed by atoms with E-state index < -0.39 is 14.3 Å². The fourth-order valence-electron chi connectivity index (χ4n) is 4.44. The van der Waals surface area contributed by atoms with Gasteiger partial charge in [0.05, 0.1) is 19.3 Å². The van der Waals surface area contributed by atoms with Crippen LogP contribution >= 0.6 is 7.26 Å². The highest BCUT2D eigenvalue weighted by molar-refractivity contribution is 7.95. The van der Waals surface area contributed by atoms with E-state index in [1.165, 1.54) is 15.9 Å². The molecule has 3 rings (SSSR count). The molecule has 8 heteroatoms. The zero-order valence-corrected chi connectivity index (χ0v) is 23.2. The maximum atomic E-state index is 12.7. The molecule has 3 aromatic carbocycles. The van der Waals surface area contributed by atoms with Gasteiger partial charge in [0.2, 0.25) is 11.8 Å². The Morgan fingerprint density at radius 2 is 1.19 bits per heavy atom. The molecule has 0 spiro atoms. The van der Waals surface area contributed by atoms with Gasteiger partial charge in [0.1, 0.15) is 23.2 Å². The summed E-state index contributed by atoms with van der Waals surface area (Å²) in [6.07, 6.45) is 0.799. The molecule has 0 unspecified atom stereocenters. The van der Waals surface area contributed by atoms with Crippen molar-refractivity contribution >= 4 is 42.0 Å². The van der Waals surface area contributed by atoms with Crippen molar-refractivity contribution < 1.29 is 14.6 Å². The van der Waals surface area contributed by atoms with Crippen molar-refractivity contribution in [2.75, 3.05) is 46.4 Å². The molecule has 0 aliphatic rings. The Hall–Kier alpha value is -2.99. The van der Waals surface area contributed by atoms with Crippen molar-refractivity contribution in [3.63, 3.8) is 0 Å². The van der Waals surface area contributed by atoms with Crippen molar-refractivity contribution in [1.29, 1.82) is 0 Å². The number of carbonyl (C=O) groups is 2. The lowest BCUT2D eigenvalue weighted by molar-refractivity contribution is -0.133. The van der Waals surface area contributed by atoms with Gasteiger partial charge in [0.25, 0.3) is 0 Å². The molecular weight excluding hydrogens is 480 g/mol. The molecule has 0 aliphatic carbocycles. The van der Waals surface area contributed by atoms with E-state index in [1.807, 2.05) is 23.1 Å². The molecule has 2 amide bonds. The predicted octanol–water partition coefficient (Wildman–Crippen LogP) is 2.33. The number of nitrogens with zero attached hydrogens (tertiary/aromatic N) is 3. The molecular formula is C29H38BN3O3P+. The molecule has 0 radical (unpaired) electrons. The smallest absolute Gasteiger partial charge is 0.376 e. The average Bonchev–Trinajstić information content (AvgIpc) is 2.91. The van der Waals surface area contributed by atoms with Crippen LogP contribution in [0.2, 0.25) is 6.82 Å². The lowest BCUT2D eigenvalue weighted by atomic mass is 9.86. The number of rotatable bonds is 12. The number of amides is 2. The van der Waals surface area contributed by atoms with Crippen molar-refractivity contribution in [3.8, 4) is 0 Å². The molecule has 0 heterocycles. The van der Waals surface area contributed by atoms with E-state index >= 15 is 0 Å². The van der Waals surface area contributed by atoms with Crippen LogP contribution in [0.25, 0.3) is 0 Å². The van der Waals surface area contributed by atoms with E-state index in [2.05, 4.69) is 72.8 Å². The monoisotopic (exact) mass is 518 g/mol. The summed E-state index contributed by atoms with van der Waals surface area (Å²) in [6.45, 7) is 4.81. The molecule has 0 fully saturated rings. The van der Waals surface area contributed by atoms with Crippen LogP contribution in [-0.4, -0.2) is 84.9 Å². The lowest BCUT2D eigenvalue weighted by Gasteiger charge is -2.31. The Kier molecular flexibility index (Phi) is 10.5. The molecule has 0 atom stereocenters. The first-order chi connectivity index (χ1) is 17.8. The van der Waals surface area contributed by atoms with Crippen molar-refractivity contribution in [1.82, 2.24) is 14.6 Å². The van der Waals surface area contributed by atoms with Gasteiger partial charge in [-0.3, -0.25) is 9.59 Å². The van der Waals surface area contributed by atoms with Gasteiger partial charge in [-0.1, -0.05) is 54.6 Å². The molecule has 0 bridgehead atoms.